The lowest BCUT2D eigenvalue weighted by molar-refractivity contribution is -0.660. The maximum Gasteiger partial charge on any atom is 0.216 e. The summed E-state index contributed by atoms with van der Waals surface area (Å²) in [6.45, 7) is 2.06. The lowest BCUT2D eigenvalue weighted by Gasteiger charge is -2.06. The second-order valence-corrected chi connectivity index (χ2v) is 8.30. The van der Waals surface area contributed by atoms with E-state index < -0.39 is 0 Å². The van der Waals surface area contributed by atoms with E-state index in [0.717, 1.165) is 49.5 Å². The van der Waals surface area contributed by atoms with Gasteiger partial charge in [-0.15, -0.1) is 0 Å². The first-order valence-electron chi connectivity index (χ1n) is 10.7. The number of benzene rings is 4. The van der Waals surface area contributed by atoms with E-state index in [1.807, 2.05) is 80.0 Å². The van der Waals surface area contributed by atoms with Crippen molar-refractivity contribution in [2.75, 3.05) is 0 Å². The highest BCUT2D eigenvalue weighted by Crippen LogP contribution is 2.40. The summed E-state index contributed by atoms with van der Waals surface area (Å²) in [7, 11) is 2.01. The highest BCUT2D eigenvalue weighted by atomic mass is 19.1. The molecule has 0 aliphatic heterocycles. The number of hydrogen-bond acceptors (Lipinski definition) is 1. The van der Waals surface area contributed by atoms with Gasteiger partial charge in [0.25, 0.3) is 0 Å². The van der Waals surface area contributed by atoms with E-state index in [1.54, 1.807) is 0 Å². The van der Waals surface area contributed by atoms with Gasteiger partial charge in [0, 0.05) is 28.5 Å². The van der Waals surface area contributed by atoms with Crippen LogP contribution in [0.2, 0.25) is 0 Å². The zero-order valence-electron chi connectivity index (χ0n) is 17.9. The molecular weight excluding hydrogens is 397 g/mol. The second kappa shape index (κ2) is 7.03. The predicted molar refractivity (Wildman–Crippen MR) is 128 cm³/mol. The van der Waals surface area contributed by atoms with Crippen LogP contribution in [0.15, 0.2) is 95.5 Å². The fraction of sp³-hybridized carbons (Fsp3) is 0.0690. The minimum absolute atomic E-state index is 0.302. The average Bonchev–Trinajstić information content (AvgIpc) is 3.19. The Morgan fingerprint density at radius 3 is 2.34 bits per heavy atom. The van der Waals surface area contributed by atoms with Crippen LogP contribution < -0.4 is 4.57 Å². The minimum atomic E-state index is -0.324. The Balaban J connectivity index is 1.62. The van der Waals surface area contributed by atoms with Crippen molar-refractivity contribution in [3.8, 4) is 22.4 Å². The Kier molecular flexibility index (Phi) is 4.12. The van der Waals surface area contributed by atoms with Crippen LogP contribution in [-0.4, -0.2) is 0 Å². The van der Waals surface area contributed by atoms with Crippen LogP contribution in [0, 0.1) is 12.7 Å². The minimum Gasteiger partial charge on any atom is -0.452 e. The molecule has 2 heterocycles. The van der Waals surface area contributed by atoms with Crippen LogP contribution >= 0.6 is 0 Å². The van der Waals surface area contributed by atoms with E-state index in [9.17, 15) is 0 Å². The van der Waals surface area contributed by atoms with Crippen molar-refractivity contribution in [3.63, 3.8) is 0 Å². The van der Waals surface area contributed by atoms with Crippen LogP contribution in [0.3, 0.4) is 0 Å². The van der Waals surface area contributed by atoms with E-state index in [-0.39, 0.29) is 5.82 Å². The van der Waals surface area contributed by atoms with Gasteiger partial charge in [0.15, 0.2) is 17.6 Å². The zero-order valence-corrected chi connectivity index (χ0v) is 17.9. The molecule has 0 amide bonds. The molecule has 0 N–H and O–H groups in total. The first-order valence-corrected chi connectivity index (χ1v) is 10.7. The van der Waals surface area contributed by atoms with E-state index in [2.05, 4.69) is 29.7 Å². The van der Waals surface area contributed by atoms with Crippen molar-refractivity contribution in [2.24, 2.45) is 7.05 Å². The summed E-state index contributed by atoms with van der Waals surface area (Å²) in [5.74, 6) is -0.324. The zero-order chi connectivity index (χ0) is 21.8. The lowest BCUT2D eigenvalue weighted by Crippen LogP contribution is -2.30. The van der Waals surface area contributed by atoms with Crippen molar-refractivity contribution >= 4 is 32.7 Å². The molecule has 0 saturated carbocycles. The standard InChI is InChI=1S/C29H21FNO/c1-18-10-13-23-24-15-14-22(21-12-11-19-7-3-4-8-20(19)17-21)27(30)29(24)32-28(23)26(18)25-9-5-6-16-31(25)2/h3-17H,1-2H3/q+1. The molecule has 0 unspecified atom stereocenters. The van der Waals surface area contributed by atoms with Crippen LogP contribution in [0.5, 0.6) is 0 Å². The maximum absolute atomic E-state index is 15.8. The molecule has 0 aliphatic carbocycles. The molecule has 0 bridgehead atoms. The molecule has 6 rings (SSSR count). The molecule has 0 saturated heterocycles. The van der Waals surface area contributed by atoms with Crippen molar-refractivity contribution in [2.45, 2.75) is 6.92 Å². The van der Waals surface area contributed by atoms with E-state index in [4.69, 9.17) is 4.42 Å². The predicted octanol–water partition coefficient (Wildman–Crippen LogP) is 7.35. The summed E-state index contributed by atoms with van der Waals surface area (Å²) in [4.78, 5) is 0. The molecule has 4 aromatic carbocycles. The quantitative estimate of drug-likeness (QED) is 0.269. The van der Waals surface area contributed by atoms with Crippen molar-refractivity contribution in [1.82, 2.24) is 0 Å². The van der Waals surface area contributed by atoms with E-state index in [1.165, 1.54) is 0 Å². The largest absolute Gasteiger partial charge is 0.452 e. The number of nitrogens with zero attached hydrogens (tertiary/aromatic N) is 1. The molecule has 32 heavy (non-hydrogen) atoms. The van der Waals surface area contributed by atoms with Gasteiger partial charge < -0.3 is 4.42 Å². The summed E-state index contributed by atoms with van der Waals surface area (Å²) in [5.41, 5.74) is 5.53. The van der Waals surface area contributed by atoms with Crippen molar-refractivity contribution in [3.05, 3.63) is 103 Å². The average molecular weight is 418 g/mol. The fourth-order valence-electron chi connectivity index (χ4n) is 4.65. The third kappa shape index (κ3) is 2.75. The smallest absolute Gasteiger partial charge is 0.216 e. The number of hydrogen-bond donors (Lipinski definition) is 0. The molecule has 3 heteroatoms. The lowest BCUT2D eigenvalue weighted by atomic mass is 9.98. The van der Waals surface area contributed by atoms with Gasteiger partial charge in [-0.2, -0.15) is 0 Å². The normalized spacial score (nSPS) is 11.6. The fourth-order valence-corrected chi connectivity index (χ4v) is 4.65. The molecule has 2 nitrogen and oxygen atoms in total. The third-order valence-corrected chi connectivity index (χ3v) is 6.33. The van der Waals surface area contributed by atoms with E-state index >= 15 is 4.39 Å². The van der Waals surface area contributed by atoms with Crippen LogP contribution in [0.25, 0.3) is 55.1 Å². The third-order valence-electron chi connectivity index (χ3n) is 6.33. The molecule has 0 atom stereocenters. The Labute approximate surface area is 185 Å². The molecule has 0 fully saturated rings. The second-order valence-electron chi connectivity index (χ2n) is 8.30. The molecule has 0 aliphatic rings. The SMILES string of the molecule is Cc1ccc2c(oc3c(F)c(-c4ccc5ccccc5c4)ccc32)c1-c1cccc[n+]1C. The summed E-state index contributed by atoms with van der Waals surface area (Å²) in [6.07, 6.45) is 2.01. The topological polar surface area (TPSA) is 17.0 Å². The van der Waals surface area contributed by atoms with Gasteiger partial charge in [0.1, 0.15) is 12.6 Å². The Morgan fingerprint density at radius 2 is 1.50 bits per heavy atom. The van der Waals surface area contributed by atoms with Gasteiger partial charge in [0.2, 0.25) is 5.69 Å². The van der Waals surface area contributed by atoms with Gasteiger partial charge in [-0.3, -0.25) is 0 Å². The molecular formula is C29H21FNO+. The summed E-state index contributed by atoms with van der Waals surface area (Å²) < 4.78 is 24.1. The summed E-state index contributed by atoms with van der Waals surface area (Å²) in [5, 5.41) is 3.94. The molecule has 2 aromatic heterocycles. The maximum atomic E-state index is 15.8. The number of pyridine rings is 1. The monoisotopic (exact) mass is 418 g/mol. The Hall–Kier alpha value is -3.98. The molecule has 0 radical (unpaired) electrons. The van der Waals surface area contributed by atoms with Gasteiger partial charge in [-0.25, -0.2) is 8.96 Å². The number of furan rings is 1. The number of aromatic nitrogens is 1. The van der Waals surface area contributed by atoms with Gasteiger partial charge in [-0.05, 0) is 47.0 Å². The van der Waals surface area contributed by atoms with Crippen molar-refractivity contribution in [1.29, 1.82) is 0 Å². The Bertz CT molecular complexity index is 1660. The summed E-state index contributed by atoms with van der Waals surface area (Å²) >= 11 is 0. The van der Waals surface area contributed by atoms with Crippen LogP contribution in [0.4, 0.5) is 4.39 Å². The van der Waals surface area contributed by atoms with Gasteiger partial charge in [-0.1, -0.05) is 54.6 Å². The molecule has 154 valence electrons. The molecule has 6 aromatic rings. The number of rotatable bonds is 2. The highest BCUT2D eigenvalue weighted by Gasteiger charge is 2.22. The molecule has 0 spiro atoms. The van der Waals surface area contributed by atoms with Crippen LogP contribution in [0.1, 0.15) is 5.56 Å². The first kappa shape index (κ1) is 18.8. The number of fused-ring (bicyclic) bond motifs is 4. The first-order chi connectivity index (χ1) is 15.6. The number of aryl methyl sites for hydroxylation is 2. The van der Waals surface area contributed by atoms with E-state index in [0.29, 0.717) is 11.1 Å². The van der Waals surface area contributed by atoms with Gasteiger partial charge in [0.05, 0.1) is 5.56 Å². The highest BCUT2D eigenvalue weighted by molar-refractivity contribution is 6.10. The van der Waals surface area contributed by atoms with Gasteiger partial charge >= 0.3 is 0 Å². The van der Waals surface area contributed by atoms with Crippen LogP contribution in [-0.2, 0) is 7.05 Å². The summed E-state index contributed by atoms with van der Waals surface area (Å²) in [6, 6.07) is 28.1. The number of halogens is 1. The Morgan fingerprint density at radius 1 is 0.750 bits per heavy atom. The van der Waals surface area contributed by atoms with Crippen molar-refractivity contribution < 1.29 is 13.4 Å².